The monoisotopic (exact) mass is 754 g/mol. The number of amides is 1. The number of oxime groups is 1. The van der Waals surface area contributed by atoms with Gasteiger partial charge in [-0.25, -0.2) is 0 Å². The maximum Gasteiger partial charge on any atom is 0.239 e. The van der Waals surface area contributed by atoms with Crippen molar-refractivity contribution in [3.8, 4) is 11.5 Å². The van der Waals surface area contributed by atoms with Crippen LogP contribution in [-0.2, 0) is 19.1 Å². The van der Waals surface area contributed by atoms with Crippen molar-refractivity contribution >= 4 is 11.6 Å². The van der Waals surface area contributed by atoms with Gasteiger partial charge >= 0.3 is 0 Å². The van der Waals surface area contributed by atoms with Gasteiger partial charge in [0, 0.05) is 44.1 Å². The first-order valence-electron chi connectivity index (χ1n) is 20.5. The number of aliphatic hydroxyl groups is 3. The van der Waals surface area contributed by atoms with E-state index in [-0.39, 0.29) is 75.6 Å². The molecule has 2 fully saturated rings. The number of aromatic hydroxyl groups is 1. The Bertz CT molecular complexity index is 1430. The average molecular weight is 755 g/mol. The van der Waals surface area contributed by atoms with E-state index >= 15 is 0 Å². The van der Waals surface area contributed by atoms with E-state index in [4.69, 9.17) is 24.2 Å². The number of carbonyl (C=O) groups excluding carboxylic acids is 1. The fourth-order valence-electron chi connectivity index (χ4n) is 9.40. The highest BCUT2D eigenvalue weighted by Crippen LogP contribution is 2.62. The van der Waals surface area contributed by atoms with E-state index in [1.54, 1.807) is 12.1 Å². The van der Waals surface area contributed by atoms with Gasteiger partial charge in [-0.15, -0.1) is 6.58 Å². The van der Waals surface area contributed by atoms with Gasteiger partial charge in [-0.05, 0) is 94.4 Å². The molecule has 54 heavy (non-hydrogen) atoms. The second kappa shape index (κ2) is 19.8. The minimum Gasteiger partial charge on any atom is -0.508 e. The highest BCUT2D eigenvalue weighted by molar-refractivity contribution is 6.03. The molecule has 1 aromatic rings. The van der Waals surface area contributed by atoms with Gasteiger partial charge in [-0.1, -0.05) is 55.8 Å². The number of aliphatic hydroxyl groups excluding tert-OH is 3. The number of nitrogens with zero attached hydrogens (tertiary/aromatic N) is 2. The predicted molar refractivity (Wildman–Crippen MR) is 208 cm³/mol. The van der Waals surface area contributed by atoms with Gasteiger partial charge in [0.1, 0.15) is 23.1 Å². The van der Waals surface area contributed by atoms with Crippen LogP contribution in [0.1, 0.15) is 116 Å². The molecule has 1 heterocycles. The van der Waals surface area contributed by atoms with Crippen molar-refractivity contribution in [2.45, 2.75) is 128 Å². The van der Waals surface area contributed by atoms with E-state index in [1.165, 1.54) is 12.8 Å². The lowest BCUT2D eigenvalue weighted by molar-refractivity contribution is -0.258. The van der Waals surface area contributed by atoms with Crippen LogP contribution >= 0.6 is 0 Å². The summed E-state index contributed by atoms with van der Waals surface area (Å²) in [6, 6.07) is 4.62. The lowest BCUT2D eigenvalue weighted by Crippen LogP contribution is -2.70. The molecular weight excluding hydrogens is 688 g/mol. The number of phenolic OH excluding ortho intramolecular Hbond substituents is 1. The van der Waals surface area contributed by atoms with E-state index in [0.717, 1.165) is 61.8 Å². The molecule has 0 aromatic heterocycles. The van der Waals surface area contributed by atoms with Crippen LogP contribution in [0.25, 0.3) is 0 Å². The van der Waals surface area contributed by atoms with E-state index in [0.29, 0.717) is 37.4 Å². The van der Waals surface area contributed by atoms with Crippen LogP contribution in [0.3, 0.4) is 0 Å². The Morgan fingerprint density at radius 2 is 1.78 bits per heavy atom. The number of unbranched alkanes of at least 4 members (excludes halogenated alkanes) is 2. The van der Waals surface area contributed by atoms with Crippen LogP contribution in [0.4, 0.5) is 0 Å². The first-order valence-corrected chi connectivity index (χ1v) is 20.5. The molecule has 11 nitrogen and oxygen atoms in total. The standard InChI is InChI=1S/C43H66N2O9/c1-5-24-52-43-38(45(20-25-51-26-23-48)39(50)19-16-30-12-6-7-13-30)29-36(44-54-42(2,3)4)34-27-31(14-8-10-21-46)33(15-9-11-22-47)40(41(34)43)35-28-32(49)17-18-37(35)53-43/h5,17-18,27-28,30-31,33,38,40-41,46-49H,1,6-16,19-26,29H2,2-4H3/t31-,33+,38-,40+,41+,43+/m0/s1. The van der Waals surface area contributed by atoms with Gasteiger partial charge in [0.15, 0.2) is 0 Å². The van der Waals surface area contributed by atoms with Crippen LogP contribution in [-0.4, -0.2) is 101 Å². The Morgan fingerprint density at radius 1 is 1.04 bits per heavy atom. The molecule has 4 N–H and O–H groups in total. The summed E-state index contributed by atoms with van der Waals surface area (Å²) in [5.74, 6) is -0.558. The number of benzene rings is 1. The zero-order valence-electron chi connectivity index (χ0n) is 32.9. The van der Waals surface area contributed by atoms with Gasteiger partial charge in [0.25, 0.3) is 0 Å². The molecule has 11 heteroatoms. The summed E-state index contributed by atoms with van der Waals surface area (Å²) in [6.45, 7) is 10.8. The molecule has 0 radical (unpaired) electrons. The Morgan fingerprint density at radius 3 is 2.46 bits per heavy atom. The molecule has 2 saturated carbocycles. The number of ether oxygens (including phenoxy) is 3. The summed E-state index contributed by atoms with van der Waals surface area (Å²) in [6.07, 6.45) is 14.9. The van der Waals surface area contributed by atoms with Crippen LogP contribution in [0.5, 0.6) is 11.5 Å². The number of hydrogen-bond donors (Lipinski definition) is 4. The van der Waals surface area contributed by atoms with Crippen molar-refractivity contribution in [1.29, 1.82) is 0 Å². The van der Waals surface area contributed by atoms with Crippen LogP contribution in [0, 0.1) is 23.7 Å². The topological polar surface area (TPSA) is 151 Å². The van der Waals surface area contributed by atoms with Crippen molar-refractivity contribution in [2.24, 2.45) is 28.8 Å². The molecule has 302 valence electrons. The predicted octanol–water partition coefficient (Wildman–Crippen LogP) is 6.63. The zero-order chi connectivity index (χ0) is 38.7. The quantitative estimate of drug-likeness (QED) is 0.0616. The van der Waals surface area contributed by atoms with E-state index in [9.17, 15) is 25.2 Å². The number of allylic oxidation sites excluding steroid dienone is 1. The Hall–Kier alpha value is -2.96. The van der Waals surface area contributed by atoms with E-state index in [1.807, 2.05) is 37.8 Å². The number of hydrogen-bond acceptors (Lipinski definition) is 10. The molecular formula is C43H66N2O9. The van der Waals surface area contributed by atoms with Crippen molar-refractivity contribution in [3.05, 3.63) is 48.1 Å². The fourth-order valence-corrected chi connectivity index (χ4v) is 9.40. The molecule has 1 amide bonds. The molecule has 5 rings (SSSR count). The second-order valence-electron chi connectivity index (χ2n) is 16.6. The highest BCUT2D eigenvalue weighted by atomic mass is 16.7. The normalized spacial score (nSPS) is 27.2. The molecule has 3 aliphatic carbocycles. The molecule has 4 aliphatic rings. The molecule has 6 atom stereocenters. The summed E-state index contributed by atoms with van der Waals surface area (Å²) in [7, 11) is 0. The number of phenols is 1. The average Bonchev–Trinajstić information content (AvgIpc) is 3.67. The van der Waals surface area contributed by atoms with Gasteiger partial charge in [-0.3, -0.25) is 4.79 Å². The van der Waals surface area contributed by atoms with Crippen molar-refractivity contribution in [2.75, 3.05) is 46.2 Å². The maximum atomic E-state index is 14.7. The Labute approximate surface area is 322 Å². The third kappa shape index (κ3) is 10.1. The first kappa shape index (κ1) is 42.2. The Balaban J connectivity index is 1.72. The minimum atomic E-state index is -1.36. The van der Waals surface area contributed by atoms with Crippen LogP contribution in [0.15, 0.2) is 47.7 Å². The van der Waals surface area contributed by atoms with Gasteiger partial charge in [-0.2, -0.15) is 0 Å². The maximum absolute atomic E-state index is 14.7. The van der Waals surface area contributed by atoms with Crippen molar-refractivity contribution in [3.63, 3.8) is 0 Å². The lowest BCUT2D eigenvalue weighted by Gasteiger charge is -2.60. The molecule has 0 bridgehead atoms. The third-order valence-electron chi connectivity index (χ3n) is 11.7. The second-order valence-corrected chi connectivity index (χ2v) is 16.6. The van der Waals surface area contributed by atoms with Gasteiger partial charge in [0.2, 0.25) is 11.7 Å². The van der Waals surface area contributed by atoms with Crippen molar-refractivity contribution < 1.29 is 44.3 Å². The van der Waals surface area contributed by atoms with Crippen LogP contribution in [0.2, 0.25) is 0 Å². The largest absolute Gasteiger partial charge is 0.508 e. The summed E-state index contributed by atoms with van der Waals surface area (Å²) >= 11 is 0. The summed E-state index contributed by atoms with van der Waals surface area (Å²) < 4.78 is 20.0. The molecule has 1 aromatic carbocycles. The zero-order valence-corrected chi connectivity index (χ0v) is 32.9. The first-order chi connectivity index (χ1) is 26.1. The molecule has 0 unspecified atom stereocenters. The van der Waals surface area contributed by atoms with Crippen molar-refractivity contribution in [1.82, 2.24) is 4.90 Å². The smallest absolute Gasteiger partial charge is 0.239 e. The molecule has 1 aliphatic heterocycles. The third-order valence-corrected chi connectivity index (χ3v) is 11.7. The number of carbonyl (C=O) groups is 1. The van der Waals surface area contributed by atoms with Crippen LogP contribution < -0.4 is 4.74 Å². The summed E-state index contributed by atoms with van der Waals surface area (Å²) in [5, 5.41) is 44.9. The number of fused-ring (bicyclic) bond motifs is 2. The summed E-state index contributed by atoms with van der Waals surface area (Å²) in [5.41, 5.74) is 2.00. The molecule has 0 spiro atoms. The lowest BCUT2D eigenvalue weighted by atomic mass is 9.55. The SMILES string of the molecule is C=CCO[C@@]12Oc3ccc(O)cc3[C@H]3[C@H](CCCCO)[C@@H](CCCCO)C=C(C(=NOC(C)(C)C)C[C@@H]1N(CCOCCO)C(=O)CCC1CCCC1)[C@H]32. The minimum absolute atomic E-state index is 0.00145. The summed E-state index contributed by atoms with van der Waals surface area (Å²) in [4.78, 5) is 22.8. The number of rotatable bonds is 21. The highest BCUT2D eigenvalue weighted by Gasteiger charge is 2.65. The van der Waals surface area contributed by atoms with Gasteiger partial charge < -0.3 is 44.4 Å². The molecule has 0 saturated heterocycles. The Kier molecular flexibility index (Phi) is 15.4. The van der Waals surface area contributed by atoms with E-state index in [2.05, 4.69) is 12.7 Å². The van der Waals surface area contributed by atoms with Gasteiger partial charge in [0.05, 0.1) is 38.1 Å². The van der Waals surface area contributed by atoms with E-state index < -0.39 is 23.3 Å². The fraction of sp³-hybridized carbons (Fsp3) is 0.721.